The van der Waals surface area contributed by atoms with E-state index in [9.17, 15) is 4.79 Å². The molecule has 3 aromatic heterocycles. The molecule has 0 fully saturated rings. The summed E-state index contributed by atoms with van der Waals surface area (Å²) >= 11 is 0. The molecule has 0 saturated heterocycles. The molecule has 0 atom stereocenters. The summed E-state index contributed by atoms with van der Waals surface area (Å²) in [6.07, 6.45) is 6.31. The molecule has 3 heterocycles. The lowest BCUT2D eigenvalue weighted by atomic mass is 10.2. The van der Waals surface area contributed by atoms with Gasteiger partial charge in [-0.1, -0.05) is 0 Å². The van der Waals surface area contributed by atoms with Crippen LogP contribution in [0.4, 0.5) is 0 Å². The third-order valence-corrected chi connectivity index (χ3v) is 3.12. The van der Waals surface area contributed by atoms with Crippen molar-refractivity contribution >= 4 is 11.9 Å². The zero-order valence-corrected chi connectivity index (χ0v) is 10.2. The van der Waals surface area contributed by atoms with Gasteiger partial charge < -0.3 is 4.40 Å². The Balaban J connectivity index is 2.19. The monoisotopic (exact) mass is 240 g/mol. The lowest BCUT2D eigenvalue weighted by Gasteiger charge is -1.95. The summed E-state index contributed by atoms with van der Waals surface area (Å²) in [6.45, 7) is 2.00. The Bertz CT molecular complexity index is 739. The van der Waals surface area contributed by atoms with Crippen LogP contribution in [0.1, 0.15) is 16.1 Å². The van der Waals surface area contributed by atoms with E-state index >= 15 is 0 Å². The van der Waals surface area contributed by atoms with Crippen molar-refractivity contribution < 1.29 is 4.79 Å². The average molecular weight is 240 g/mol. The highest BCUT2D eigenvalue weighted by molar-refractivity contribution is 5.75. The van der Waals surface area contributed by atoms with Gasteiger partial charge >= 0.3 is 0 Å². The maximum absolute atomic E-state index is 10.7. The first-order valence-electron chi connectivity index (χ1n) is 5.62. The molecule has 5 nitrogen and oxygen atoms in total. The number of imidazole rings is 1. The van der Waals surface area contributed by atoms with Gasteiger partial charge in [0.2, 0.25) is 0 Å². The van der Waals surface area contributed by atoms with E-state index in [2.05, 4.69) is 10.1 Å². The highest BCUT2D eigenvalue weighted by Gasteiger charge is 2.10. The summed E-state index contributed by atoms with van der Waals surface area (Å²) in [4.78, 5) is 15.3. The van der Waals surface area contributed by atoms with E-state index in [4.69, 9.17) is 0 Å². The van der Waals surface area contributed by atoms with Crippen LogP contribution in [0, 0.1) is 6.92 Å². The van der Waals surface area contributed by atoms with Crippen LogP contribution in [0.5, 0.6) is 0 Å². The predicted molar refractivity (Wildman–Crippen MR) is 67.5 cm³/mol. The molecule has 0 aromatic carbocycles. The van der Waals surface area contributed by atoms with Crippen molar-refractivity contribution in [3.8, 4) is 11.3 Å². The minimum atomic E-state index is 0.634. The van der Waals surface area contributed by atoms with Gasteiger partial charge in [0.05, 0.1) is 11.9 Å². The highest BCUT2D eigenvalue weighted by atomic mass is 16.1. The summed E-state index contributed by atoms with van der Waals surface area (Å²) in [6, 6.07) is 3.59. The lowest BCUT2D eigenvalue weighted by Crippen LogP contribution is -1.92. The lowest BCUT2D eigenvalue weighted by molar-refractivity contribution is 0.112. The van der Waals surface area contributed by atoms with Gasteiger partial charge in [0.15, 0.2) is 6.29 Å². The minimum absolute atomic E-state index is 0.634. The fourth-order valence-electron chi connectivity index (χ4n) is 1.96. The normalized spacial score (nSPS) is 11.0. The van der Waals surface area contributed by atoms with Crippen molar-refractivity contribution in [3.63, 3.8) is 0 Å². The van der Waals surface area contributed by atoms with Crippen LogP contribution in [0.3, 0.4) is 0 Å². The van der Waals surface area contributed by atoms with E-state index in [1.54, 1.807) is 18.5 Å². The largest absolute Gasteiger partial charge is 0.306 e. The number of rotatable bonds is 2. The Morgan fingerprint density at radius 2 is 2.11 bits per heavy atom. The van der Waals surface area contributed by atoms with E-state index in [1.165, 1.54) is 0 Å². The second kappa shape index (κ2) is 3.80. The topological polar surface area (TPSA) is 52.2 Å². The number of hydrogen-bond donors (Lipinski definition) is 0. The molecule has 0 unspecified atom stereocenters. The third kappa shape index (κ3) is 1.52. The molecule has 0 spiro atoms. The molecule has 0 amide bonds. The van der Waals surface area contributed by atoms with Crippen molar-refractivity contribution in [1.29, 1.82) is 0 Å². The fraction of sp³-hybridized carbons (Fsp3) is 0.154. The minimum Gasteiger partial charge on any atom is -0.306 e. The smallest absolute Gasteiger partial charge is 0.151 e. The predicted octanol–water partition coefficient (Wildman–Crippen LogP) is 1.86. The number of nitrogens with zero attached hydrogens (tertiary/aromatic N) is 4. The third-order valence-electron chi connectivity index (χ3n) is 3.12. The van der Waals surface area contributed by atoms with Crippen molar-refractivity contribution in [3.05, 3.63) is 42.0 Å². The summed E-state index contributed by atoms with van der Waals surface area (Å²) in [5, 5.41) is 4.21. The fourth-order valence-corrected chi connectivity index (χ4v) is 1.96. The van der Waals surface area contributed by atoms with Gasteiger partial charge in [0.25, 0.3) is 0 Å². The zero-order chi connectivity index (χ0) is 12.7. The molecule has 3 aromatic rings. The van der Waals surface area contributed by atoms with Gasteiger partial charge in [-0.05, 0) is 19.1 Å². The van der Waals surface area contributed by atoms with Crippen LogP contribution < -0.4 is 0 Å². The van der Waals surface area contributed by atoms with Crippen molar-refractivity contribution in [2.75, 3.05) is 0 Å². The zero-order valence-electron chi connectivity index (χ0n) is 10.2. The maximum atomic E-state index is 10.7. The molecular weight excluding hydrogens is 228 g/mol. The molecule has 18 heavy (non-hydrogen) atoms. The number of aromatic nitrogens is 4. The van der Waals surface area contributed by atoms with E-state index in [-0.39, 0.29) is 0 Å². The SMILES string of the molecule is Cc1c(-c2cn3cc(C=O)ccc3n2)cnn1C. The van der Waals surface area contributed by atoms with Crippen LogP contribution in [0.25, 0.3) is 16.9 Å². The van der Waals surface area contributed by atoms with Crippen molar-refractivity contribution in [1.82, 2.24) is 19.2 Å². The number of aldehydes is 1. The van der Waals surface area contributed by atoms with Crippen molar-refractivity contribution in [2.24, 2.45) is 7.05 Å². The molecule has 3 rings (SSSR count). The van der Waals surface area contributed by atoms with E-state index < -0.39 is 0 Å². The molecule has 0 aliphatic rings. The second-order valence-corrected chi connectivity index (χ2v) is 4.24. The van der Waals surface area contributed by atoms with Gasteiger partial charge in [0.1, 0.15) is 5.65 Å². The van der Waals surface area contributed by atoms with Crippen LogP contribution in [0.15, 0.2) is 30.7 Å². The number of carbonyl (C=O) groups excluding carboxylic acids is 1. The van der Waals surface area contributed by atoms with Crippen LogP contribution in [-0.4, -0.2) is 25.5 Å². The van der Waals surface area contributed by atoms with Crippen LogP contribution >= 0.6 is 0 Å². The first kappa shape index (κ1) is 10.7. The molecule has 0 aliphatic carbocycles. The maximum Gasteiger partial charge on any atom is 0.151 e. The van der Waals surface area contributed by atoms with E-state index in [0.717, 1.165) is 28.9 Å². The van der Waals surface area contributed by atoms with E-state index in [0.29, 0.717) is 5.56 Å². The number of hydrogen-bond acceptors (Lipinski definition) is 3. The first-order chi connectivity index (χ1) is 8.69. The summed E-state index contributed by atoms with van der Waals surface area (Å²) in [5.74, 6) is 0. The second-order valence-electron chi connectivity index (χ2n) is 4.24. The highest BCUT2D eigenvalue weighted by Crippen LogP contribution is 2.22. The molecule has 90 valence electrons. The summed E-state index contributed by atoms with van der Waals surface area (Å²) in [5.41, 5.74) is 4.39. The number of aryl methyl sites for hydroxylation is 1. The Morgan fingerprint density at radius 1 is 1.28 bits per heavy atom. The number of pyridine rings is 1. The summed E-state index contributed by atoms with van der Waals surface area (Å²) in [7, 11) is 1.90. The van der Waals surface area contributed by atoms with Crippen LogP contribution in [0.2, 0.25) is 0 Å². The van der Waals surface area contributed by atoms with Gasteiger partial charge in [-0.25, -0.2) is 4.98 Å². The van der Waals surface area contributed by atoms with Gasteiger partial charge in [-0.3, -0.25) is 9.48 Å². The number of fused-ring (bicyclic) bond motifs is 1. The van der Waals surface area contributed by atoms with Gasteiger partial charge in [-0.15, -0.1) is 0 Å². The van der Waals surface area contributed by atoms with Crippen molar-refractivity contribution in [2.45, 2.75) is 6.92 Å². The number of carbonyl (C=O) groups is 1. The molecule has 5 heteroatoms. The quantitative estimate of drug-likeness (QED) is 0.642. The Morgan fingerprint density at radius 3 is 2.78 bits per heavy atom. The molecular formula is C13H12N4O. The Hall–Kier alpha value is -2.43. The molecule has 0 N–H and O–H groups in total. The molecule has 0 saturated carbocycles. The average Bonchev–Trinajstić information content (AvgIpc) is 2.93. The Kier molecular flexibility index (Phi) is 2.26. The van der Waals surface area contributed by atoms with Crippen LogP contribution in [-0.2, 0) is 7.05 Å². The van der Waals surface area contributed by atoms with Gasteiger partial charge in [-0.2, -0.15) is 5.10 Å². The molecule has 0 radical (unpaired) electrons. The molecule has 0 aliphatic heterocycles. The van der Waals surface area contributed by atoms with Gasteiger partial charge in [0, 0.05) is 36.3 Å². The summed E-state index contributed by atoms with van der Waals surface area (Å²) < 4.78 is 3.67. The standard InChI is InChI=1S/C13H12N4O/c1-9-11(5-14-16(9)2)12-7-17-6-10(8-18)3-4-13(17)15-12/h3-8H,1-2H3. The van der Waals surface area contributed by atoms with E-state index in [1.807, 2.05) is 35.3 Å². The Labute approximate surface area is 104 Å². The molecule has 0 bridgehead atoms. The first-order valence-corrected chi connectivity index (χ1v) is 5.62.